The fraction of sp³-hybridized carbons (Fsp3) is 0. The van der Waals surface area contributed by atoms with Crippen molar-refractivity contribution in [3.8, 4) is 48.6 Å². The molecule has 0 atom stereocenters. The van der Waals surface area contributed by atoms with Gasteiger partial charge in [0.2, 0.25) is 0 Å². The van der Waals surface area contributed by atoms with Crippen molar-refractivity contribution in [3.63, 3.8) is 0 Å². The van der Waals surface area contributed by atoms with Crippen LogP contribution in [0.1, 0.15) is 44.5 Å². The van der Waals surface area contributed by atoms with Crippen LogP contribution in [0.5, 0.6) is 0 Å². The molecule has 0 radical (unpaired) electrons. The van der Waals surface area contributed by atoms with Crippen molar-refractivity contribution in [2.75, 3.05) is 0 Å². The average Bonchev–Trinajstić information content (AvgIpc) is 2.95. The molecular formula is C30H6N8. The normalized spacial score (nSPS) is 9.89. The van der Waals surface area contributed by atoms with Crippen LogP contribution >= 0.6 is 0 Å². The highest BCUT2D eigenvalue weighted by atomic mass is 14.4. The molecule has 8 nitrogen and oxygen atoms in total. The van der Waals surface area contributed by atoms with Gasteiger partial charge in [0.05, 0.1) is 50.6 Å². The highest BCUT2D eigenvalue weighted by Gasteiger charge is 2.26. The summed E-state index contributed by atoms with van der Waals surface area (Å²) in [5.41, 5.74) is -0.849. The van der Waals surface area contributed by atoms with E-state index in [-0.39, 0.29) is 66.1 Å². The molecule has 0 heterocycles. The molecule has 0 unspecified atom stereocenters. The molecule has 0 aromatic heterocycles. The van der Waals surface area contributed by atoms with E-state index in [0.29, 0.717) is 21.5 Å². The highest BCUT2D eigenvalue weighted by Crippen LogP contribution is 2.41. The fourth-order valence-electron chi connectivity index (χ4n) is 5.09. The Hall–Kier alpha value is -6.94. The second-order valence-corrected chi connectivity index (χ2v) is 8.17. The molecule has 8 heteroatoms. The summed E-state index contributed by atoms with van der Waals surface area (Å²) in [6, 6.07) is 25.6. The Morgan fingerprint density at radius 3 is 1.39 bits per heavy atom. The van der Waals surface area contributed by atoms with Crippen LogP contribution in [0.15, 0.2) is 36.4 Å². The molecule has 0 aliphatic heterocycles. The van der Waals surface area contributed by atoms with Crippen molar-refractivity contribution in [1.29, 1.82) is 42.1 Å². The van der Waals surface area contributed by atoms with Gasteiger partial charge in [-0.15, -0.1) is 0 Å². The third-order valence-corrected chi connectivity index (χ3v) is 6.54. The zero-order valence-corrected chi connectivity index (χ0v) is 19.0. The van der Waals surface area contributed by atoms with Crippen LogP contribution in [0.3, 0.4) is 0 Å². The number of hydrogen-bond acceptors (Lipinski definition) is 8. The predicted molar refractivity (Wildman–Crippen MR) is 134 cm³/mol. The third-order valence-electron chi connectivity index (χ3n) is 6.54. The lowest BCUT2D eigenvalue weighted by Crippen LogP contribution is -2.01. The summed E-state index contributed by atoms with van der Waals surface area (Å²) in [7, 11) is 0. The Labute approximate surface area is 214 Å². The van der Waals surface area contributed by atoms with Gasteiger partial charge in [-0.25, -0.2) is 0 Å². The van der Waals surface area contributed by atoms with Crippen molar-refractivity contribution in [2.24, 2.45) is 0 Å². The van der Waals surface area contributed by atoms with Crippen molar-refractivity contribution in [3.05, 3.63) is 80.9 Å². The van der Waals surface area contributed by atoms with Crippen LogP contribution in [-0.2, 0) is 0 Å². The summed E-state index contributed by atoms with van der Waals surface area (Å²) in [5.74, 6) is 0. The lowest BCUT2D eigenvalue weighted by Gasteiger charge is -2.15. The maximum absolute atomic E-state index is 10.3. The monoisotopic (exact) mass is 478 g/mol. The van der Waals surface area contributed by atoms with Crippen LogP contribution in [0.2, 0.25) is 0 Å². The van der Waals surface area contributed by atoms with Crippen molar-refractivity contribution in [1.82, 2.24) is 0 Å². The van der Waals surface area contributed by atoms with Gasteiger partial charge >= 0.3 is 0 Å². The maximum atomic E-state index is 10.3. The Morgan fingerprint density at radius 2 is 0.842 bits per heavy atom. The van der Waals surface area contributed by atoms with Crippen molar-refractivity contribution in [2.45, 2.75) is 0 Å². The summed E-state index contributed by atoms with van der Waals surface area (Å²) in [4.78, 5) is 0. The van der Waals surface area contributed by atoms with E-state index < -0.39 is 0 Å². The lowest BCUT2D eigenvalue weighted by atomic mass is 9.83. The summed E-state index contributed by atoms with van der Waals surface area (Å²) in [6.45, 7) is 0. The maximum Gasteiger partial charge on any atom is 0.102 e. The van der Waals surface area contributed by atoms with Gasteiger partial charge in [-0.05, 0) is 40.4 Å². The number of rotatable bonds is 0. The van der Waals surface area contributed by atoms with E-state index in [1.54, 1.807) is 36.4 Å². The molecule has 5 aromatic rings. The quantitative estimate of drug-likeness (QED) is 0.268. The number of nitrogens with zero attached hydrogens (tertiary/aromatic N) is 8. The van der Waals surface area contributed by atoms with Crippen LogP contribution < -0.4 is 0 Å². The van der Waals surface area contributed by atoms with E-state index in [4.69, 9.17) is 0 Å². The molecule has 0 saturated carbocycles. The zero-order chi connectivity index (χ0) is 27.1. The number of benzene rings is 5. The molecule has 0 aliphatic carbocycles. The molecule has 0 N–H and O–H groups in total. The molecule has 0 bridgehead atoms. The van der Waals surface area contributed by atoms with Gasteiger partial charge < -0.3 is 0 Å². The van der Waals surface area contributed by atoms with Crippen LogP contribution in [0, 0.1) is 90.6 Å². The number of nitriles is 8. The molecule has 0 saturated heterocycles. The second kappa shape index (κ2) is 8.37. The van der Waals surface area contributed by atoms with E-state index in [9.17, 15) is 42.1 Å². The van der Waals surface area contributed by atoms with Gasteiger partial charge in [0.15, 0.2) is 0 Å². The Bertz CT molecular complexity index is 2320. The summed E-state index contributed by atoms with van der Waals surface area (Å²) in [6.07, 6.45) is 0. The number of hydrogen-bond donors (Lipinski definition) is 0. The highest BCUT2D eigenvalue weighted by molar-refractivity contribution is 6.19. The van der Waals surface area contributed by atoms with Gasteiger partial charge in [-0.1, -0.05) is 12.1 Å². The molecule has 0 amide bonds. The summed E-state index contributed by atoms with van der Waals surface area (Å²) >= 11 is 0. The van der Waals surface area contributed by atoms with Gasteiger partial charge in [0.25, 0.3) is 0 Å². The molecule has 5 rings (SSSR count). The molecule has 0 aliphatic rings. The molecule has 5 aromatic carbocycles. The lowest BCUT2D eigenvalue weighted by molar-refractivity contribution is 1.39. The smallest absolute Gasteiger partial charge is 0.102 e. The first-order chi connectivity index (χ1) is 18.5. The minimum absolute atomic E-state index is 0.0209. The first-order valence-corrected chi connectivity index (χ1v) is 10.8. The van der Waals surface area contributed by atoms with Crippen molar-refractivity contribution >= 4 is 43.1 Å². The molecule has 0 fully saturated rings. The third kappa shape index (κ3) is 2.76. The Morgan fingerprint density at radius 1 is 0.368 bits per heavy atom. The Balaban J connectivity index is 2.21. The first-order valence-electron chi connectivity index (χ1n) is 10.8. The van der Waals surface area contributed by atoms with Crippen LogP contribution in [0.25, 0.3) is 43.1 Å². The molecule has 0 spiro atoms. The molecular weight excluding hydrogens is 472 g/mol. The predicted octanol–water partition coefficient (Wildman–Crippen LogP) is 5.27. The fourth-order valence-corrected chi connectivity index (χ4v) is 5.09. The van der Waals surface area contributed by atoms with Gasteiger partial charge in [-0.2, -0.15) is 42.1 Å². The van der Waals surface area contributed by atoms with E-state index in [2.05, 4.69) is 18.2 Å². The number of fused-ring (bicyclic) bond motifs is 4. The van der Waals surface area contributed by atoms with E-state index in [1.165, 1.54) is 6.07 Å². The average molecular weight is 478 g/mol. The molecule has 38 heavy (non-hydrogen) atoms. The summed E-state index contributed by atoms with van der Waals surface area (Å²) in [5, 5.41) is 81.9. The SMILES string of the molecule is N#Cc1c(C#N)c(C#N)c2c(C#N)c3c(C#N)c4c(C#N)c5c(C#N)cccc5cc4cc3cc2c1C#N. The Kier molecular flexibility index (Phi) is 5.03. The van der Waals surface area contributed by atoms with Gasteiger partial charge in [0, 0.05) is 26.9 Å². The second-order valence-electron chi connectivity index (χ2n) is 8.17. The molecule has 166 valence electrons. The first kappa shape index (κ1) is 22.8. The summed E-state index contributed by atoms with van der Waals surface area (Å²) < 4.78 is 0. The van der Waals surface area contributed by atoms with Crippen LogP contribution in [0.4, 0.5) is 0 Å². The van der Waals surface area contributed by atoms with E-state index >= 15 is 0 Å². The van der Waals surface area contributed by atoms with Gasteiger partial charge in [-0.3, -0.25) is 0 Å². The zero-order valence-electron chi connectivity index (χ0n) is 19.0. The van der Waals surface area contributed by atoms with E-state index in [0.717, 1.165) is 0 Å². The topological polar surface area (TPSA) is 190 Å². The minimum Gasteiger partial charge on any atom is -0.192 e. The van der Waals surface area contributed by atoms with E-state index in [1.807, 2.05) is 24.3 Å². The van der Waals surface area contributed by atoms with Crippen molar-refractivity contribution < 1.29 is 0 Å². The standard InChI is InChI=1S/C30H6N8/c31-7-16-3-1-2-15-4-17-5-18-6-19-20(8-32)21(9-33)22(10-34)23(11-35)30(19)26(14-38)29(18)25(13-37)28(17)24(12-36)27(15)16/h1-6H. The minimum atomic E-state index is -0.337. The van der Waals surface area contributed by atoms with Crippen LogP contribution in [-0.4, -0.2) is 0 Å². The largest absolute Gasteiger partial charge is 0.192 e. The van der Waals surface area contributed by atoms with Gasteiger partial charge in [0.1, 0.15) is 42.5 Å².